The Labute approximate surface area is 111 Å². The fraction of sp³-hybridized carbons (Fsp3) is 0.385. The van der Waals surface area contributed by atoms with Crippen molar-refractivity contribution in [2.24, 2.45) is 5.73 Å². The van der Waals surface area contributed by atoms with Crippen LogP contribution in [0.1, 0.15) is 18.9 Å². The maximum atomic E-state index is 5.69. The molecule has 0 spiro atoms. The van der Waals surface area contributed by atoms with Crippen LogP contribution >= 0.6 is 11.3 Å². The molecule has 0 radical (unpaired) electrons. The summed E-state index contributed by atoms with van der Waals surface area (Å²) in [5.74, 6) is 0.800. The number of aromatic nitrogens is 2. The van der Waals surface area contributed by atoms with Crippen molar-refractivity contribution in [2.45, 2.75) is 26.3 Å². The van der Waals surface area contributed by atoms with Gasteiger partial charge in [-0.15, -0.1) is 21.5 Å². The molecule has 4 nitrogen and oxygen atoms in total. The summed E-state index contributed by atoms with van der Waals surface area (Å²) in [5.41, 5.74) is 7.86. The fourth-order valence-corrected chi connectivity index (χ4v) is 2.50. The normalized spacial score (nSPS) is 12.4. The van der Waals surface area contributed by atoms with Gasteiger partial charge in [-0.1, -0.05) is 0 Å². The Bertz CT molecular complexity index is 490. The predicted octanol–water partition coefficient (Wildman–Crippen LogP) is 2.66. The van der Waals surface area contributed by atoms with E-state index in [9.17, 15) is 0 Å². The van der Waals surface area contributed by atoms with Gasteiger partial charge in [-0.2, -0.15) is 0 Å². The van der Waals surface area contributed by atoms with E-state index in [2.05, 4.69) is 33.9 Å². The number of rotatable bonds is 5. The van der Waals surface area contributed by atoms with Crippen LogP contribution in [-0.2, 0) is 0 Å². The lowest BCUT2D eigenvalue weighted by Crippen LogP contribution is -2.19. The summed E-state index contributed by atoms with van der Waals surface area (Å²) in [6.45, 7) is 4.90. The fourth-order valence-electron chi connectivity index (χ4n) is 1.61. The highest BCUT2D eigenvalue weighted by atomic mass is 32.1. The van der Waals surface area contributed by atoms with Crippen LogP contribution in [0.25, 0.3) is 10.6 Å². The lowest BCUT2D eigenvalue weighted by molar-refractivity contribution is 0.688. The van der Waals surface area contributed by atoms with Crippen LogP contribution in [0.15, 0.2) is 23.6 Å². The maximum absolute atomic E-state index is 5.69. The van der Waals surface area contributed by atoms with E-state index in [1.807, 2.05) is 19.1 Å². The molecule has 0 bridgehead atoms. The first-order valence-electron chi connectivity index (χ1n) is 6.04. The van der Waals surface area contributed by atoms with Gasteiger partial charge in [-0.3, -0.25) is 0 Å². The highest BCUT2D eigenvalue weighted by Crippen LogP contribution is 2.26. The minimum absolute atomic E-state index is 0.207. The van der Waals surface area contributed by atoms with Gasteiger partial charge in [0.05, 0.1) is 4.88 Å². The van der Waals surface area contributed by atoms with E-state index in [4.69, 9.17) is 5.73 Å². The van der Waals surface area contributed by atoms with Gasteiger partial charge in [0.25, 0.3) is 0 Å². The number of anilines is 1. The zero-order chi connectivity index (χ0) is 13.0. The van der Waals surface area contributed by atoms with Crippen LogP contribution in [0, 0.1) is 6.92 Å². The molecule has 0 aromatic carbocycles. The second-order valence-corrected chi connectivity index (χ2v) is 5.35. The zero-order valence-corrected chi connectivity index (χ0v) is 11.5. The molecule has 3 N–H and O–H groups in total. The largest absolute Gasteiger partial charge is 0.369 e. The first-order chi connectivity index (χ1) is 8.66. The molecule has 5 heteroatoms. The molecule has 0 aliphatic carbocycles. The van der Waals surface area contributed by atoms with Crippen LogP contribution in [0.2, 0.25) is 0 Å². The molecule has 2 aromatic heterocycles. The van der Waals surface area contributed by atoms with Crippen molar-refractivity contribution >= 4 is 17.2 Å². The summed E-state index contributed by atoms with van der Waals surface area (Å²) in [5, 5.41) is 13.7. The van der Waals surface area contributed by atoms with E-state index in [0.29, 0.717) is 0 Å². The highest BCUT2D eigenvalue weighted by molar-refractivity contribution is 7.13. The molecule has 0 fully saturated rings. The van der Waals surface area contributed by atoms with Gasteiger partial charge in [-0.25, -0.2) is 0 Å². The number of nitrogens with one attached hydrogen (secondary N) is 1. The van der Waals surface area contributed by atoms with Crippen molar-refractivity contribution in [1.82, 2.24) is 10.2 Å². The smallest absolute Gasteiger partial charge is 0.148 e. The van der Waals surface area contributed by atoms with Crippen LogP contribution in [0.3, 0.4) is 0 Å². The first-order valence-corrected chi connectivity index (χ1v) is 6.92. The third-order valence-corrected chi connectivity index (χ3v) is 3.70. The van der Waals surface area contributed by atoms with Crippen molar-refractivity contribution in [2.75, 3.05) is 11.9 Å². The summed E-state index contributed by atoms with van der Waals surface area (Å²) in [7, 11) is 0. The van der Waals surface area contributed by atoms with E-state index in [1.54, 1.807) is 11.3 Å². The van der Waals surface area contributed by atoms with Gasteiger partial charge in [0.1, 0.15) is 11.5 Å². The van der Waals surface area contributed by atoms with Crippen LogP contribution in [-0.4, -0.2) is 22.8 Å². The van der Waals surface area contributed by atoms with E-state index in [0.717, 1.165) is 24.5 Å². The summed E-state index contributed by atoms with van der Waals surface area (Å²) in [6.07, 6.45) is 0.924. The zero-order valence-electron chi connectivity index (χ0n) is 10.7. The molecule has 2 aromatic rings. The second-order valence-electron chi connectivity index (χ2n) is 4.43. The molecule has 18 heavy (non-hydrogen) atoms. The Kier molecular flexibility index (Phi) is 4.28. The number of thiophene rings is 1. The molecule has 2 heterocycles. The molecule has 1 atom stereocenters. The first kappa shape index (κ1) is 13.0. The Morgan fingerprint density at radius 1 is 1.33 bits per heavy atom. The average molecular weight is 262 g/mol. The van der Waals surface area contributed by atoms with Crippen molar-refractivity contribution in [3.8, 4) is 10.6 Å². The minimum atomic E-state index is 0.207. The SMILES string of the molecule is Cc1ccsc1-c1ccc(NCCC(C)N)nn1. The van der Waals surface area contributed by atoms with E-state index < -0.39 is 0 Å². The van der Waals surface area contributed by atoms with E-state index in [1.165, 1.54) is 10.4 Å². The molecule has 0 saturated carbocycles. The molecular formula is C13H18N4S. The standard InChI is InChI=1S/C13H18N4S/c1-9-6-8-18-13(9)11-3-4-12(17-16-11)15-7-5-10(2)14/h3-4,6,8,10H,5,7,14H2,1-2H3,(H,15,17). The monoisotopic (exact) mass is 262 g/mol. The summed E-state index contributed by atoms with van der Waals surface area (Å²) >= 11 is 1.69. The number of hydrogen-bond donors (Lipinski definition) is 2. The molecule has 0 saturated heterocycles. The summed E-state index contributed by atoms with van der Waals surface area (Å²) in [6, 6.07) is 6.26. The molecule has 1 unspecified atom stereocenters. The van der Waals surface area contributed by atoms with Gasteiger partial charge >= 0.3 is 0 Å². The third kappa shape index (κ3) is 3.27. The van der Waals surface area contributed by atoms with E-state index >= 15 is 0 Å². The topological polar surface area (TPSA) is 63.8 Å². The second kappa shape index (κ2) is 5.93. The summed E-state index contributed by atoms with van der Waals surface area (Å²) in [4.78, 5) is 1.18. The van der Waals surface area contributed by atoms with Crippen molar-refractivity contribution in [3.05, 3.63) is 29.1 Å². The third-order valence-electron chi connectivity index (χ3n) is 2.67. The lowest BCUT2D eigenvalue weighted by atomic mass is 10.2. The number of hydrogen-bond acceptors (Lipinski definition) is 5. The lowest BCUT2D eigenvalue weighted by Gasteiger charge is -2.07. The van der Waals surface area contributed by atoms with Gasteiger partial charge in [0.15, 0.2) is 0 Å². The highest BCUT2D eigenvalue weighted by Gasteiger charge is 2.05. The van der Waals surface area contributed by atoms with Crippen molar-refractivity contribution in [3.63, 3.8) is 0 Å². The molecule has 0 aliphatic rings. The number of nitrogens with zero attached hydrogens (tertiary/aromatic N) is 2. The van der Waals surface area contributed by atoms with Gasteiger partial charge in [0, 0.05) is 12.6 Å². The summed E-state index contributed by atoms with van der Waals surface area (Å²) < 4.78 is 0. The molecule has 2 rings (SSSR count). The molecule has 0 amide bonds. The van der Waals surface area contributed by atoms with Crippen LogP contribution in [0.4, 0.5) is 5.82 Å². The van der Waals surface area contributed by atoms with Crippen LogP contribution < -0.4 is 11.1 Å². The van der Waals surface area contributed by atoms with Crippen molar-refractivity contribution in [1.29, 1.82) is 0 Å². The Hall–Kier alpha value is -1.46. The Morgan fingerprint density at radius 3 is 2.72 bits per heavy atom. The van der Waals surface area contributed by atoms with Gasteiger partial charge < -0.3 is 11.1 Å². The average Bonchev–Trinajstić information content (AvgIpc) is 2.76. The number of aryl methyl sites for hydroxylation is 1. The van der Waals surface area contributed by atoms with Crippen molar-refractivity contribution < 1.29 is 0 Å². The maximum Gasteiger partial charge on any atom is 0.148 e. The Balaban J connectivity index is 2.00. The minimum Gasteiger partial charge on any atom is -0.369 e. The van der Waals surface area contributed by atoms with Crippen LogP contribution in [0.5, 0.6) is 0 Å². The molecular weight excluding hydrogens is 244 g/mol. The predicted molar refractivity (Wildman–Crippen MR) is 76.8 cm³/mol. The molecule has 96 valence electrons. The quantitative estimate of drug-likeness (QED) is 0.869. The number of nitrogens with two attached hydrogens (primary N) is 1. The Morgan fingerprint density at radius 2 is 2.17 bits per heavy atom. The molecule has 0 aliphatic heterocycles. The van der Waals surface area contributed by atoms with E-state index in [-0.39, 0.29) is 6.04 Å². The van der Waals surface area contributed by atoms with Gasteiger partial charge in [-0.05, 0) is 49.4 Å². The van der Waals surface area contributed by atoms with Gasteiger partial charge in [0.2, 0.25) is 0 Å².